The van der Waals surface area contributed by atoms with Crippen molar-refractivity contribution in [3.8, 4) is 0 Å². The molecule has 148 valence electrons. The SMILES string of the molecule is CCC(C)NC(=O)c1cccc(NC(=O)C(c2ccccc2)c2ccccc2)c1. The molecule has 4 heteroatoms. The molecule has 0 aliphatic heterocycles. The number of hydrogen-bond acceptors (Lipinski definition) is 2. The molecule has 0 bridgehead atoms. The van der Waals surface area contributed by atoms with Crippen LogP contribution in [0.3, 0.4) is 0 Å². The number of benzene rings is 3. The highest BCUT2D eigenvalue weighted by molar-refractivity contribution is 6.00. The Labute approximate surface area is 172 Å². The summed E-state index contributed by atoms with van der Waals surface area (Å²) in [6, 6.07) is 26.5. The molecule has 29 heavy (non-hydrogen) atoms. The molecule has 0 saturated heterocycles. The Morgan fingerprint density at radius 1 is 0.828 bits per heavy atom. The lowest BCUT2D eigenvalue weighted by Crippen LogP contribution is -2.32. The van der Waals surface area contributed by atoms with Gasteiger partial charge in [0.05, 0.1) is 5.92 Å². The van der Waals surface area contributed by atoms with E-state index in [1.807, 2.05) is 74.5 Å². The second-order valence-corrected chi connectivity index (χ2v) is 7.11. The number of carbonyl (C=O) groups excluding carboxylic acids is 2. The lowest BCUT2D eigenvalue weighted by atomic mass is 9.90. The topological polar surface area (TPSA) is 58.2 Å². The van der Waals surface area contributed by atoms with Crippen molar-refractivity contribution in [2.45, 2.75) is 32.2 Å². The fraction of sp³-hybridized carbons (Fsp3) is 0.200. The maximum atomic E-state index is 13.2. The smallest absolute Gasteiger partial charge is 0.251 e. The number of anilines is 1. The number of nitrogens with one attached hydrogen (secondary N) is 2. The highest BCUT2D eigenvalue weighted by atomic mass is 16.2. The Hall–Kier alpha value is -3.40. The van der Waals surface area contributed by atoms with Crippen LogP contribution in [0.15, 0.2) is 84.9 Å². The molecule has 1 unspecified atom stereocenters. The van der Waals surface area contributed by atoms with E-state index in [-0.39, 0.29) is 17.9 Å². The van der Waals surface area contributed by atoms with Crippen LogP contribution in [-0.4, -0.2) is 17.9 Å². The molecule has 1 atom stereocenters. The van der Waals surface area contributed by atoms with Crippen molar-refractivity contribution in [1.82, 2.24) is 5.32 Å². The average molecular weight is 386 g/mol. The Morgan fingerprint density at radius 2 is 1.41 bits per heavy atom. The molecule has 3 aromatic rings. The zero-order valence-corrected chi connectivity index (χ0v) is 16.8. The predicted octanol–water partition coefficient (Wildman–Crippen LogP) is 4.99. The molecule has 0 aromatic heterocycles. The number of amides is 2. The van der Waals surface area contributed by atoms with Crippen LogP contribution in [0.5, 0.6) is 0 Å². The van der Waals surface area contributed by atoms with Crippen molar-refractivity contribution in [3.05, 3.63) is 102 Å². The Kier molecular flexibility index (Phi) is 6.80. The monoisotopic (exact) mass is 386 g/mol. The molecular weight excluding hydrogens is 360 g/mol. The Morgan fingerprint density at radius 3 is 1.97 bits per heavy atom. The third-order valence-electron chi connectivity index (χ3n) is 4.91. The van der Waals surface area contributed by atoms with E-state index >= 15 is 0 Å². The van der Waals surface area contributed by atoms with Crippen molar-refractivity contribution in [2.24, 2.45) is 0 Å². The van der Waals surface area contributed by atoms with Crippen LogP contribution < -0.4 is 10.6 Å². The second-order valence-electron chi connectivity index (χ2n) is 7.11. The van der Waals surface area contributed by atoms with E-state index in [0.717, 1.165) is 17.5 Å². The highest BCUT2D eigenvalue weighted by Crippen LogP contribution is 2.26. The van der Waals surface area contributed by atoms with Gasteiger partial charge in [-0.15, -0.1) is 0 Å². The first-order chi connectivity index (χ1) is 14.1. The van der Waals surface area contributed by atoms with Crippen LogP contribution in [0, 0.1) is 0 Å². The fourth-order valence-electron chi connectivity index (χ4n) is 3.15. The number of carbonyl (C=O) groups is 2. The van der Waals surface area contributed by atoms with Crippen LogP contribution in [0.2, 0.25) is 0 Å². The van der Waals surface area contributed by atoms with Gasteiger partial charge < -0.3 is 10.6 Å². The minimum absolute atomic E-state index is 0.0984. The average Bonchev–Trinajstić information content (AvgIpc) is 2.75. The van der Waals surface area contributed by atoms with Gasteiger partial charge in [-0.3, -0.25) is 9.59 Å². The van der Waals surface area contributed by atoms with E-state index in [2.05, 4.69) is 10.6 Å². The van der Waals surface area contributed by atoms with Gasteiger partial charge in [-0.2, -0.15) is 0 Å². The first kappa shape index (κ1) is 20.3. The zero-order valence-electron chi connectivity index (χ0n) is 16.8. The summed E-state index contributed by atoms with van der Waals surface area (Å²) in [6.45, 7) is 3.99. The largest absolute Gasteiger partial charge is 0.350 e. The van der Waals surface area contributed by atoms with Crippen molar-refractivity contribution in [1.29, 1.82) is 0 Å². The molecule has 0 spiro atoms. The van der Waals surface area contributed by atoms with Crippen molar-refractivity contribution >= 4 is 17.5 Å². The van der Waals surface area contributed by atoms with Crippen LogP contribution in [0.25, 0.3) is 0 Å². The molecule has 3 rings (SSSR count). The summed E-state index contributed by atoms with van der Waals surface area (Å²) < 4.78 is 0. The van der Waals surface area contributed by atoms with Crippen molar-refractivity contribution < 1.29 is 9.59 Å². The van der Waals surface area contributed by atoms with Crippen LogP contribution in [0.4, 0.5) is 5.69 Å². The molecule has 0 fully saturated rings. The van der Waals surface area contributed by atoms with E-state index in [9.17, 15) is 9.59 Å². The molecule has 3 aromatic carbocycles. The molecule has 0 heterocycles. The van der Waals surface area contributed by atoms with Gasteiger partial charge in [-0.1, -0.05) is 73.7 Å². The van der Waals surface area contributed by atoms with Gasteiger partial charge in [0.2, 0.25) is 5.91 Å². The molecule has 0 aliphatic carbocycles. The minimum atomic E-state index is -0.435. The van der Waals surface area contributed by atoms with E-state index in [1.54, 1.807) is 24.3 Å². The zero-order chi connectivity index (χ0) is 20.6. The maximum Gasteiger partial charge on any atom is 0.251 e. The molecule has 0 aliphatic rings. The first-order valence-corrected chi connectivity index (χ1v) is 9.90. The van der Waals surface area contributed by atoms with E-state index < -0.39 is 5.92 Å². The maximum absolute atomic E-state index is 13.2. The van der Waals surface area contributed by atoms with Gasteiger partial charge in [0, 0.05) is 17.3 Å². The van der Waals surface area contributed by atoms with Gasteiger partial charge in [0.15, 0.2) is 0 Å². The summed E-state index contributed by atoms with van der Waals surface area (Å²) in [6.07, 6.45) is 0.859. The number of hydrogen-bond donors (Lipinski definition) is 2. The van der Waals surface area contributed by atoms with Gasteiger partial charge in [0.1, 0.15) is 0 Å². The van der Waals surface area contributed by atoms with E-state index in [0.29, 0.717) is 11.3 Å². The summed E-state index contributed by atoms with van der Waals surface area (Å²) >= 11 is 0. The molecular formula is C25H26N2O2. The van der Waals surface area contributed by atoms with Gasteiger partial charge >= 0.3 is 0 Å². The number of rotatable bonds is 7. The van der Waals surface area contributed by atoms with Crippen LogP contribution in [-0.2, 0) is 4.79 Å². The fourth-order valence-corrected chi connectivity index (χ4v) is 3.15. The molecule has 0 saturated carbocycles. The van der Waals surface area contributed by atoms with E-state index in [4.69, 9.17) is 0 Å². The molecule has 4 nitrogen and oxygen atoms in total. The molecule has 0 radical (unpaired) electrons. The van der Waals surface area contributed by atoms with Gasteiger partial charge in [-0.25, -0.2) is 0 Å². The molecule has 2 N–H and O–H groups in total. The third-order valence-corrected chi connectivity index (χ3v) is 4.91. The summed E-state index contributed by atoms with van der Waals surface area (Å²) in [5.41, 5.74) is 2.96. The lowest BCUT2D eigenvalue weighted by molar-refractivity contribution is -0.116. The van der Waals surface area contributed by atoms with E-state index in [1.165, 1.54) is 0 Å². The van der Waals surface area contributed by atoms with Crippen molar-refractivity contribution in [2.75, 3.05) is 5.32 Å². The predicted molar refractivity (Wildman–Crippen MR) is 117 cm³/mol. The summed E-state index contributed by atoms with van der Waals surface area (Å²) in [5.74, 6) is -0.713. The second kappa shape index (κ2) is 9.69. The standard InChI is InChI=1S/C25H26N2O2/c1-3-18(2)26-24(28)21-15-10-16-22(17-21)27-25(29)23(19-11-6-4-7-12-19)20-13-8-5-9-14-20/h4-18,23H,3H2,1-2H3,(H,26,28)(H,27,29). The van der Waals surface area contributed by atoms with Gasteiger partial charge in [0.25, 0.3) is 5.91 Å². The molecule has 2 amide bonds. The van der Waals surface area contributed by atoms with Gasteiger partial charge in [-0.05, 0) is 42.7 Å². The van der Waals surface area contributed by atoms with Crippen molar-refractivity contribution in [3.63, 3.8) is 0 Å². The third kappa shape index (κ3) is 5.32. The summed E-state index contributed by atoms with van der Waals surface area (Å²) in [4.78, 5) is 25.6. The lowest BCUT2D eigenvalue weighted by Gasteiger charge is -2.18. The van der Waals surface area contributed by atoms with Crippen LogP contribution >= 0.6 is 0 Å². The summed E-state index contributed by atoms with van der Waals surface area (Å²) in [5, 5.41) is 5.93. The van der Waals surface area contributed by atoms with Crippen LogP contribution in [0.1, 0.15) is 47.7 Å². The minimum Gasteiger partial charge on any atom is -0.350 e. The Balaban J connectivity index is 1.83. The first-order valence-electron chi connectivity index (χ1n) is 9.90. The quantitative estimate of drug-likeness (QED) is 0.601. The highest BCUT2D eigenvalue weighted by Gasteiger charge is 2.23. The summed E-state index contributed by atoms with van der Waals surface area (Å²) in [7, 11) is 0. The normalized spacial score (nSPS) is 11.7. The Bertz CT molecular complexity index is 915.